The normalized spacial score (nSPS) is 24.3. The van der Waals surface area contributed by atoms with Crippen molar-refractivity contribution in [2.45, 2.75) is 66.7 Å². The second-order valence-corrected chi connectivity index (χ2v) is 8.08. The first-order valence-electron chi connectivity index (χ1n) is 8.68. The molecular formula is C18H37NO. The van der Waals surface area contributed by atoms with E-state index in [1.165, 1.54) is 38.6 Å². The van der Waals surface area contributed by atoms with Crippen molar-refractivity contribution in [3.63, 3.8) is 0 Å². The molecule has 1 fully saturated rings. The van der Waals surface area contributed by atoms with Gasteiger partial charge in [0.2, 0.25) is 0 Å². The lowest BCUT2D eigenvalue weighted by molar-refractivity contribution is 0.121. The van der Waals surface area contributed by atoms with Crippen molar-refractivity contribution in [3.8, 4) is 0 Å². The fourth-order valence-electron chi connectivity index (χ4n) is 3.10. The van der Waals surface area contributed by atoms with Gasteiger partial charge in [0, 0.05) is 13.2 Å². The maximum absolute atomic E-state index is 5.63. The van der Waals surface area contributed by atoms with E-state index in [-0.39, 0.29) is 0 Å². The smallest absolute Gasteiger partial charge is 0.0590 e. The van der Waals surface area contributed by atoms with Crippen molar-refractivity contribution < 1.29 is 4.74 Å². The van der Waals surface area contributed by atoms with Gasteiger partial charge in [-0.1, -0.05) is 34.6 Å². The zero-order valence-electron chi connectivity index (χ0n) is 14.5. The third-order valence-corrected chi connectivity index (χ3v) is 4.77. The van der Waals surface area contributed by atoms with E-state index >= 15 is 0 Å². The van der Waals surface area contributed by atoms with Gasteiger partial charge in [-0.25, -0.2) is 0 Å². The molecule has 1 rings (SSSR count). The van der Waals surface area contributed by atoms with Gasteiger partial charge in [0.05, 0.1) is 6.61 Å². The Balaban J connectivity index is 1.97. The molecule has 0 aromatic rings. The van der Waals surface area contributed by atoms with Gasteiger partial charge in [0.15, 0.2) is 0 Å². The molecule has 120 valence electrons. The quantitative estimate of drug-likeness (QED) is 0.663. The lowest BCUT2D eigenvalue weighted by Crippen LogP contribution is -2.32. The molecule has 1 aliphatic rings. The first kappa shape index (κ1) is 18.0. The minimum Gasteiger partial charge on any atom is -0.380 e. The van der Waals surface area contributed by atoms with Gasteiger partial charge in [-0.15, -0.1) is 0 Å². The molecule has 1 aliphatic carbocycles. The van der Waals surface area contributed by atoms with Crippen LogP contribution in [0.25, 0.3) is 0 Å². The predicted molar refractivity (Wildman–Crippen MR) is 88.0 cm³/mol. The van der Waals surface area contributed by atoms with E-state index in [1.54, 1.807) is 0 Å². The first-order valence-corrected chi connectivity index (χ1v) is 8.68. The monoisotopic (exact) mass is 283 g/mol. The van der Waals surface area contributed by atoms with E-state index in [2.05, 4.69) is 39.9 Å². The van der Waals surface area contributed by atoms with Crippen LogP contribution in [0.2, 0.25) is 0 Å². The Hall–Kier alpha value is -0.0800. The molecule has 2 heteroatoms. The molecule has 0 aromatic carbocycles. The van der Waals surface area contributed by atoms with E-state index in [0.29, 0.717) is 5.41 Å². The molecule has 0 heterocycles. The summed E-state index contributed by atoms with van der Waals surface area (Å²) in [6.45, 7) is 15.6. The summed E-state index contributed by atoms with van der Waals surface area (Å²) in [6, 6.07) is 0. The summed E-state index contributed by atoms with van der Waals surface area (Å²) in [5.74, 6) is 2.57. The summed E-state index contributed by atoms with van der Waals surface area (Å²) in [5, 5.41) is 3.57. The molecule has 0 amide bonds. The molecule has 1 N–H and O–H groups in total. The summed E-state index contributed by atoms with van der Waals surface area (Å²) in [7, 11) is 0. The molecule has 0 atom stereocenters. The zero-order valence-corrected chi connectivity index (χ0v) is 14.5. The Kier molecular flexibility index (Phi) is 8.13. The molecule has 20 heavy (non-hydrogen) atoms. The molecule has 0 radical (unpaired) electrons. The third kappa shape index (κ3) is 7.64. The predicted octanol–water partition coefficient (Wildman–Crippen LogP) is 4.49. The first-order chi connectivity index (χ1) is 9.39. The molecule has 2 nitrogen and oxygen atoms in total. The molecule has 0 aromatic heterocycles. The van der Waals surface area contributed by atoms with Crippen molar-refractivity contribution in [2.75, 3.05) is 26.3 Å². The zero-order chi connectivity index (χ0) is 15.0. The van der Waals surface area contributed by atoms with E-state index in [9.17, 15) is 0 Å². The van der Waals surface area contributed by atoms with Gasteiger partial charge in [-0.3, -0.25) is 0 Å². The maximum atomic E-state index is 5.63. The van der Waals surface area contributed by atoms with Crippen LogP contribution < -0.4 is 5.32 Å². The minimum atomic E-state index is 0.503. The summed E-state index contributed by atoms with van der Waals surface area (Å²) in [5.41, 5.74) is 0.503. The fourth-order valence-corrected chi connectivity index (χ4v) is 3.10. The number of hydrogen-bond donors (Lipinski definition) is 1. The second-order valence-electron chi connectivity index (χ2n) is 8.08. The highest BCUT2D eigenvalue weighted by atomic mass is 16.5. The summed E-state index contributed by atoms with van der Waals surface area (Å²) >= 11 is 0. The molecule has 0 unspecified atom stereocenters. The van der Waals surface area contributed by atoms with E-state index in [1.807, 2.05) is 0 Å². The number of rotatable bonds is 8. The largest absolute Gasteiger partial charge is 0.380 e. The highest BCUT2D eigenvalue weighted by Gasteiger charge is 2.29. The number of nitrogens with one attached hydrogen (secondary N) is 1. The van der Waals surface area contributed by atoms with E-state index < -0.39 is 0 Å². The molecule has 0 spiro atoms. The van der Waals surface area contributed by atoms with Crippen LogP contribution in [0, 0.1) is 23.2 Å². The van der Waals surface area contributed by atoms with Gasteiger partial charge in [0.1, 0.15) is 0 Å². The Morgan fingerprint density at radius 1 is 1.05 bits per heavy atom. The highest BCUT2D eigenvalue weighted by molar-refractivity contribution is 4.81. The Labute approximate surface area is 127 Å². The molecule has 0 bridgehead atoms. The second kappa shape index (κ2) is 9.04. The number of hydrogen-bond acceptors (Lipinski definition) is 2. The summed E-state index contributed by atoms with van der Waals surface area (Å²) in [6.07, 6.45) is 6.82. The Bertz CT molecular complexity index is 236. The van der Waals surface area contributed by atoms with Gasteiger partial charge in [-0.2, -0.15) is 0 Å². The molecule has 0 aliphatic heterocycles. The summed E-state index contributed by atoms with van der Waals surface area (Å²) in [4.78, 5) is 0. The minimum absolute atomic E-state index is 0.503. The Morgan fingerprint density at radius 3 is 2.25 bits per heavy atom. The van der Waals surface area contributed by atoms with Gasteiger partial charge in [-0.05, 0) is 61.8 Å². The Morgan fingerprint density at radius 2 is 1.70 bits per heavy atom. The van der Waals surface area contributed by atoms with Crippen LogP contribution in [0.3, 0.4) is 0 Å². The van der Waals surface area contributed by atoms with Crippen molar-refractivity contribution in [1.29, 1.82) is 0 Å². The summed E-state index contributed by atoms with van der Waals surface area (Å²) < 4.78 is 5.63. The molecular weight excluding hydrogens is 246 g/mol. The topological polar surface area (TPSA) is 21.3 Å². The van der Waals surface area contributed by atoms with Crippen molar-refractivity contribution >= 4 is 0 Å². The lowest BCUT2D eigenvalue weighted by Gasteiger charge is -2.37. The van der Waals surface area contributed by atoms with E-state index in [0.717, 1.165) is 37.5 Å². The van der Waals surface area contributed by atoms with Crippen molar-refractivity contribution in [3.05, 3.63) is 0 Å². The van der Waals surface area contributed by atoms with Crippen LogP contribution in [0.4, 0.5) is 0 Å². The molecule has 1 saturated carbocycles. The van der Waals surface area contributed by atoms with Crippen molar-refractivity contribution in [2.24, 2.45) is 23.2 Å². The third-order valence-electron chi connectivity index (χ3n) is 4.77. The SMILES string of the molecule is CC(C)CCOCCNCC1CCC(C(C)(C)C)CC1. The van der Waals surface area contributed by atoms with Gasteiger partial charge < -0.3 is 10.1 Å². The maximum Gasteiger partial charge on any atom is 0.0590 e. The number of ether oxygens (including phenoxy) is 1. The highest BCUT2D eigenvalue weighted by Crippen LogP contribution is 2.39. The van der Waals surface area contributed by atoms with Gasteiger partial charge in [0.25, 0.3) is 0 Å². The van der Waals surface area contributed by atoms with Crippen LogP contribution in [0.1, 0.15) is 66.7 Å². The van der Waals surface area contributed by atoms with Crippen LogP contribution in [0.15, 0.2) is 0 Å². The lowest BCUT2D eigenvalue weighted by atomic mass is 9.70. The van der Waals surface area contributed by atoms with Crippen molar-refractivity contribution in [1.82, 2.24) is 5.32 Å². The van der Waals surface area contributed by atoms with E-state index in [4.69, 9.17) is 4.74 Å². The average molecular weight is 284 g/mol. The van der Waals surface area contributed by atoms with Crippen LogP contribution in [-0.2, 0) is 4.74 Å². The molecule has 0 saturated heterocycles. The van der Waals surface area contributed by atoms with Crippen LogP contribution in [-0.4, -0.2) is 26.3 Å². The average Bonchev–Trinajstić information content (AvgIpc) is 2.37. The van der Waals surface area contributed by atoms with Gasteiger partial charge >= 0.3 is 0 Å². The fraction of sp³-hybridized carbons (Fsp3) is 1.00. The standard InChI is InChI=1S/C18H37NO/c1-15(2)10-12-20-13-11-19-14-16-6-8-17(9-7-16)18(3,4)5/h15-17,19H,6-14H2,1-5H3. The van der Waals surface area contributed by atoms with Crippen LogP contribution in [0.5, 0.6) is 0 Å². The van der Waals surface area contributed by atoms with Crippen LogP contribution >= 0.6 is 0 Å².